The molecule has 0 fully saturated rings. The Hall–Kier alpha value is -4.67. The zero-order chi connectivity index (χ0) is 25.4. The van der Waals surface area contributed by atoms with E-state index in [0.29, 0.717) is 35.0 Å². The first-order chi connectivity index (χ1) is 17.0. The van der Waals surface area contributed by atoms with Gasteiger partial charge >= 0.3 is 5.69 Å². The number of rotatable bonds is 8. The molecular weight excluding hydrogens is 454 g/mol. The second-order valence-corrected chi connectivity index (χ2v) is 6.93. The second kappa shape index (κ2) is 11.5. The topological polar surface area (TPSA) is 142 Å². The number of ether oxygens (including phenoxy) is 2. The van der Waals surface area contributed by atoms with E-state index in [-0.39, 0.29) is 22.6 Å². The Labute approximate surface area is 201 Å². The number of carbonyl (C=O) groups excluding carboxylic acids is 1. The first kappa shape index (κ1) is 25.0. The maximum Gasteiger partial charge on any atom is 0.300 e. The summed E-state index contributed by atoms with van der Waals surface area (Å²) in [6.07, 6.45) is 0. The second-order valence-electron chi connectivity index (χ2n) is 6.93. The van der Waals surface area contributed by atoms with Gasteiger partial charge in [0.15, 0.2) is 17.0 Å². The lowest BCUT2D eigenvalue weighted by molar-refractivity contribution is -0.383. The summed E-state index contributed by atoms with van der Waals surface area (Å²) < 4.78 is 15.2. The summed E-state index contributed by atoms with van der Waals surface area (Å²) in [4.78, 5) is 23.1. The van der Waals surface area contributed by atoms with Gasteiger partial charge in [-0.2, -0.15) is 0 Å². The molecule has 0 saturated heterocycles. The number of nitrogens with zero attached hydrogens (tertiary/aromatic N) is 3. The van der Waals surface area contributed by atoms with Crippen LogP contribution in [0, 0.1) is 10.1 Å². The summed E-state index contributed by atoms with van der Waals surface area (Å²) in [5.74, 6) is 0.958. The Morgan fingerprint density at radius 2 is 1.66 bits per heavy atom. The number of nitro groups is 1. The lowest BCUT2D eigenvalue weighted by Crippen LogP contribution is -2.22. The molecule has 0 aliphatic heterocycles. The third kappa shape index (κ3) is 5.64. The third-order valence-electron chi connectivity index (χ3n) is 4.92. The molecule has 1 heterocycles. The van der Waals surface area contributed by atoms with Crippen molar-refractivity contribution in [3.05, 3.63) is 75.8 Å². The Kier molecular flexibility index (Phi) is 8.17. The van der Waals surface area contributed by atoms with Crippen LogP contribution in [0.15, 0.2) is 59.2 Å². The Morgan fingerprint density at radius 1 is 0.971 bits per heavy atom. The van der Waals surface area contributed by atoms with Crippen LogP contribution >= 0.6 is 0 Å². The van der Waals surface area contributed by atoms with Crippen molar-refractivity contribution in [2.24, 2.45) is 0 Å². The van der Waals surface area contributed by atoms with E-state index in [2.05, 4.69) is 25.6 Å². The van der Waals surface area contributed by atoms with Gasteiger partial charge in [-0.3, -0.25) is 14.9 Å². The Bertz CT molecular complexity index is 1320. The van der Waals surface area contributed by atoms with Crippen molar-refractivity contribution in [3.63, 3.8) is 0 Å². The van der Waals surface area contributed by atoms with Crippen molar-refractivity contribution in [3.8, 4) is 11.5 Å². The molecule has 1 amide bonds. The Balaban J connectivity index is 0.00000167. The number of hydrogen-bond donors (Lipinski definition) is 2. The number of non-ortho nitro benzene ring substituents is 1. The van der Waals surface area contributed by atoms with Crippen molar-refractivity contribution in [2.75, 3.05) is 19.5 Å². The van der Waals surface area contributed by atoms with Crippen LogP contribution in [0.2, 0.25) is 0 Å². The van der Waals surface area contributed by atoms with E-state index in [1.165, 1.54) is 12.1 Å². The first-order valence-electron chi connectivity index (χ1n) is 10.8. The van der Waals surface area contributed by atoms with Crippen molar-refractivity contribution < 1.29 is 23.8 Å². The fourth-order valence-electron chi connectivity index (χ4n) is 3.24. The molecule has 0 bridgehead atoms. The zero-order valence-electron chi connectivity index (χ0n) is 19.7. The molecule has 4 rings (SSSR count). The number of aromatic nitrogens is 2. The number of benzene rings is 3. The largest absolute Gasteiger partial charge is 0.493 e. The SMILES string of the molecule is CC.COc1ccc(CNC(=O)c2ccc(Nc3ccc([N+](=O)[O-])c4nonc34)cc2)cc1OC. The van der Waals surface area contributed by atoms with Gasteiger partial charge in [-0.05, 0) is 58.3 Å². The minimum Gasteiger partial charge on any atom is -0.493 e. The molecule has 0 spiro atoms. The van der Waals surface area contributed by atoms with Gasteiger partial charge in [0.1, 0.15) is 0 Å². The van der Waals surface area contributed by atoms with E-state index >= 15 is 0 Å². The number of nitrogens with one attached hydrogen (secondary N) is 2. The first-order valence-corrected chi connectivity index (χ1v) is 10.8. The number of anilines is 2. The van der Waals surface area contributed by atoms with Crippen molar-refractivity contribution in [1.29, 1.82) is 0 Å². The van der Waals surface area contributed by atoms with Gasteiger partial charge in [0.05, 0.1) is 24.8 Å². The molecule has 182 valence electrons. The van der Waals surface area contributed by atoms with E-state index in [0.717, 1.165) is 5.56 Å². The molecule has 35 heavy (non-hydrogen) atoms. The molecule has 0 aliphatic carbocycles. The summed E-state index contributed by atoms with van der Waals surface area (Å²) in [6, 6.07) is 15.0. The third-order valence-corrected chi connectivity index (χ3v) is 4.92. The molecule has 1 aromatic heterocycles. The van der Waals surface area contributed by atoms with Gasteiger partial charge < -0.3 is 20.1 Å². The predicted octanol–water partition coefficient (Wildman–Crippen LogP) is 4.85. The quantitative estimate of drug-likeness (QED) is 0.268. The number of nitro benzene ring substituents is 1. The standard InChI is InChI=1S/C22H19N5O6.C2H6/c1-31-18-10-3-13(11-19(18)32-2)12-23-22(28)14-4-6-15(7-5-14)24-16-8-9-17(27(29)30)21-20(16)25-33-26-21;1-2/h3-11,24H,12H2,1-2H3,(H,23,28);1-2H3. The van der Waals surface area contributed by atoms with Crippen LogP contribution in [-0.2, 0) is 6.54 Å². The molecule has 2 N–H and O–H groups in total. The summed E-state index contributed by atoms with van der Waals surface area (Å²) in [7, 11) is 3.11. The molecule has 0 radical (unpaired) electrons. The molecule has 11 heteroatoms. The average molecular weight is 479 g/mol. The van der Waals surface area contributed by atoms with Crippen molar-refractivity contribution in [1.82, 2.24) is 15.6 Å². The van der Waals surface area contributed by atoms with Crippen LogP contribution in [-0.4, -0.2) is 35.4 Å². The summed E-state index contributed by atoms with van der Waals surface area (Å²) in [5, 5.41) is 24.4. The number of carbonyl (C=O) groups is 1. The molecule has 3 aromatic carbocycles. The molecule has 11 nitrogen and oxygen atoms in total. The lowest BCUT2D eigenvalue weighted by Gasteiger charge is -2.11. The Morgan fingerprint density at radius 3 is 2.31 bits per heavy atom. The monoisotopic (exact) mass is 479 g/mol. The maximum absolute atomic E-state index is 12.5. The molecule has 0 aliphatic rings. The van der Waals surface area contributed by atoms with Gasteiger partial charge in [-0.25, -0.2) is 4.63 Å². The fourth-order valence-corrected chi connectivity index (χ4v) is 3.24. The molecule has 0 atom stereocenters. The number of fused-ring (bicyclic) bond motifs is 1. The average Bonchev–Trinajstić information content (AvgIpc) is 3.39. The van der Waals surface area contributed by atoms with Crippen molar-refractivity contribution >= 4 is 34.0 Å². The van der Waals surface area contributed by atoms with Crippen LogP contribution in [0.1, 0.15) is 29.8 Å². The van der Waals surface area contributed by atoms with Crippen molar-refractivity contribution in [2.45, 2.75) is 20.4 Å². The minimum atomic E-state index is -0.550. The van der Waals surface area contributed by atoms with Crippen LogP contribution in [0.4, 0.5) is 17.1 Å². The normalized spacial score (nSPS) is 10.2. The van der Waals surface area contributed by atoms with Gasteiger partial charge in [0.2, 0.25) is 5.52 Å². The van der Waals surface area contributed by atoms with Gasteiger partial charge in [0, 0.05) is 23.9 Å². The van der Waals surface area contributed by atoms with Gasteiger partial charge in [-0.1, -0.05) is 19.9 Å². The molecular formula is C24H25N5O6. The summed E-state index contributed by atoms with van der Waals surface area (Å²) in [6.45, 7) is 4.32. The summed E-state index contributed by atoms with van der Waals surface area (Å²) >= 11 is 0. The lowest BCUT2D eigenvalue weighted by atomic mass is 10.1. The highest BCUT2D eigenvalue weighted by molar-refractivity contribution is 5.96. The van der Waals surface area contributed by atoms with Crippen LogP contribution in [0.5, 0.6) is 11.5 Å². The highest BCUT2D eigenvalue weighted by Crippen LogP contribution is 2.31. The van der Waals surface area contributed by atoms with Gasteiger partial charge in [0.25, 0.3) is 5.91 Å². The van der Waals surface area contributed by atoms with E-state index in [1.54, 1.807) is 50.6 Å². The smallest absolute Gasteiger partial charge is 0.300 e. The molecule has 0 unspecified atom stereocenters. The van der Waals surface area contributed by atoms with Crippen LogP contribution in [0.25, 0.3) is 11.0 Å². The summed E-state index contributed by atoms with van der Waals surface area (Å²) in [5.41, 5.74) is 2.57. The number of methoxy groups -OCH3 is 2. The van der Waals surface area contributed by atoms with E-state index in [9.17, 15) is 14.9 Å². The number of hydrogen-bond acceptors (Lipinski definition) is 9. The zero-order valence-corrected chi connectivity index (χ0v) is 19.7. The number of amides is 1. The predicted molar refractivity (Wildman–Crippen MR) is 130 cm³/mol. The van der Waals surface area contributed by atoms with E-state index in [1.807, 2.05) is 19.9 Å². The molecule has 4 aromatic rings. The van der Waals surface area contributed by atoms with E-state index < -0.39 is 4.92 Å². The fraction of sp³-hybridized carbons (Fsp3) is 0.208. The molecule has 0 saturated carbocycles. The van der Waals surface area contributed by atoms with Crippen LogP contribution < -0.4 is 20.1 Å². The van der Waals surface area contributed by atoms with Crippen LogP contribution in [0.3, 0.4) is 0 Å². The van der Waals surface area contributed by atoms with E-state index in [4.69, 9.17) is 9.47 Å². The highest BCUT2D eigenvalue weighted by Gasteiger charge is 2.19. The minimum absolute atomic E-state index is 0.0520. The van der Waals surface area contributed by atoms with Gasteiger partial charge in [-0.15, -0.1) is 0 Å². The maximum atomic E-state index is 12.5. The highest BCUT2D eigenvalue weighted by atomic mass is 16.6.